The van der Waals surface area contributed by atoms with E-state index in [1.165, 1.54) is 24.9 Å². The first kappa shape index (κ1) is 18.0. The first-order chi connectivity index (χ1) is 13.0. The molecule has 1 fully saturated rings. The highest BCUT2D eigenvalue weighted by Gasteiger charge is 2.19. The van der Waals surface area contributed by atoms with Crippen LogP contribution in [0.25, 0.3) is 5.65 Å². The van der Waals surface area contributed by atoms with Crippen molar-refractivity contribution in [3.63, 3.8) is 0 Å². The van der Waals surface area contributed by atoms with Crippen LogP contribution in [-0.4, -0.2) is 28.4 Å². The fraction of sp³-hybridized carbons (Fsp3) is 0.333. The van der Waals surface area contributed by atoms with Crippen molar-refractivity contribution >= 4 is 38.9 Å². The summed E-state index contributed by atoms with van der Waals surface area (Å²) in [5.74, 6) is -0.150. The number of nitrogens with zero attached hydrogens (tertiary/aromatic N) is 3. The van der Waals surface area contributed by atoms with E-state index in [-0.39, 0.29) is 5.91 Å². The number of nitrogens with one attached hydrogen (secondary N) is 1. The lowest BCUT2D eigenvalue weighted by atomic mass is 10.1. The average molecular weight is 427 g/mol. The van der Waals surface area contributed by atoms with Crippen molar-refractivity contribution in [1.82, 2.24) is 9.38 Å². The Labute approximate surface area is 167 Å². The van der Waals surface area contributed by atoms with Crippen molar-refractivity contribution < 1.29 is 4.79 Å². The number of pyridine rings is 1. The van der Waals surface area contributed by atoms with E-state index in [1.807, 2.05) is 42.6 Å². The zero-order chi connectivity index (χ0) is 19.0. The summed E-state index contributed by atoms with van der Waals surface area (Å²) in [6, 6.07) is 10.1. The van der Waals surface area contributed by atoms with Gasteiger partial charge in [-0.2, -0.15) is 0 Å². The van der Waals surface area contributed by atoms with Gasteiger partial charge in [-0.15, -0.1) is 0 Å². The summed E-state index contributed by atoms with van der Waals surface area (Å²) in [5, 5.41) is 3.01. The molecule has 1 aliphatic heterocycles. The third-order valence-electron chi connectivity index (χ3n) is 5.05. The summed E-state index contributed by atoms with van der Waals surface area (Å²) >= 11 is 3.54. The number of rotatable bonds is 3. The number of fused-ring (bicyclic) bond motifs is 1. The molecular weight excluding hydrogens is 404 g/mol. The Morgan fingerprint density at radius 1 is 1.11 bits per heavy atom. The van der Waals surface area contributed by atoms with Gasteiger partial charge in [0.1, 0.15) is 5.69 Å². The highest BCUT2D eigenvalue weighted by Crippen LogP contribution is 2.24. The number of hydrogen-bond acceptors (Lipinski definition) is 3. The van der Waals surface area contributed by atoms with Crippen LogP contribution in [0.5, 0.6) is 0 Å². The van der Waals surface area contributed by atoms with Crippen molar-refractivity contribution in [2.75, 3.05) is 23.3 Å². The van der Waals surface area contributed by atoms with Gasteiger partial charge in [-0.05, 0) is 84.9 Å². The lowest BCUT2D eigenvalue weighted by molar-refractivity contribution is 0.102. The van der Waals surface area contributed by atoms with E-state index in [9.17, 15) is 4.79 Å². The third kappa shape index (κ3) is 3.58. The van der Waals surface area contributed by atoms with E-state index >= 15 is 0 Å². The Balaban J connectivity index is 1.57. The minimum absolute atomic E-state index is 0.150. The highest BCUT2D eigenvalue weighted by atomic mass is 79.9. The van der Waals surface area contributed by atoms with Crippen molar-refractivity contribution in [2.24, 2.45) is 0 Å². The van der Waals surface area contributed by atoms with Crippen LogP contribution in [0.4, 0.5) is 11.4 Å². The summed E-state index contributed by atoms with van der Waals surface area (Å²) in [4.78, 5) is 19.9. The number of carbonyl (C=O) groups is 1. The second kappa shape index (κ2) is 7.35. The van der Waals surface area contributed by atoms with E-state index in [4.69, 9.17) is 0 Å². The van der Waals surface area contributed by atoms with Crippen LogP contribution in [0.2, 0.25) is 0 Å². The number of benzene rings is 1. The van der Waals surface area contributed by atoms with Crippen molar-refractivity contribution in [3.8, 4) is 0 Å². The average Bonchev–Trinajstić information content (AvgIpc) is 2.99. The second-order valence-corrected chi connectivity index (χ2v) is 8.01. The number of imidazole rings is 1. The Hall–Kier alpha value is -2.34. The second-order valence-electron chi connectivity index (χ2n) is 7.15. The van der Waals surface area contributed by atoms with Gasteiger partial charge in [-0.1, -0.05) is 0 Å². The summed E-state index contributed by atoms with van der Waals surface area (Å²) in [5.41, 5.74) is 5.11. The first-order valence-corrected chi connectivity index (χ1v) is 10.1. The molecule has 27 heavy (non-hydrogen) atoms. The van der Waals surface area contributed by atoms with Gasteiger partial charge in [0, 0.05) is 30.7 Å². The number of aromatic nitrogens is 2. The predicted octanol–water partition coefficient (Wildman–Crippen LogP) is 4.96. The minimum atomic E-state index is -0.150. The van der Waals surface area contributed by atoms with Crippen LogP contribution in [0.1, 0.15) is 41.0 Å². The summed E-state index contributed by atoms with van der Waals surface area (Å²) in [6.07, 6.45) is 5.76. The molecule has 1 aliphatic rings. The molecule has 0 saturated carbocycles. The summed E-state index contributed by atoms with van der Waals surface area (Å²) < 4.78 is 2.74. The lowest BCUT2D eigenvalue weighted by Gasteiger charge is -2.28. The number of piperidine rings is 1. The van der Waals surface area contributed by atoms with Gasteiger partial charge in [0.15, 0.2) is 5.65 Å². The van der Waals surface area contributed by atoms with Gasteiger partial charge in [0.2, 0.25) is 0 Å². The number of aryl methyl sites for hydroxylation is 2. The molecule has 5 nitrogen and oxygen atoms in total. The molecule has 1 saturated heterocycles. The van der Waals surface area contributed by atoms with Gasteiger partial charge in [0.05, 0.1) is 10.2 Å². The Bertz CT molecular complexity index is 988. The molecule has 0 radical (unpaired) electrons. The summed E-state index contributed by atoms with van der Waals surface area (Å²) in [6.45, 7) is 6.09. The number of carbonyl (C=O) groups excluding carboxylic acids is 1. The molecule has 0 aliphatic carbocycles. The van der Waals surface area contributed by atoms with Gasteiger partial charge in [-0.3, -0.25) is 9.20 Å². The molecule has 1 aromatic carbocycles. The molecule has 3 aromatic rings. The highest BCUT2D eigenvalue weighted by molar-refractivity contribution is 9.10. The smallest absolute Gasteiger partial charge is 0.274 e. The van der Waals surface area contributed by atoms with Crippen LogP contribution >= 0.6 is 15.9 Å². The van der Waals surface area contributed by atoms with Crippen molar-refractivity contribution in [1.29, 1.82) is 0 Å². The maximum Gasteiger partial charge on any atom is 0.274 e. The fourth-order valence-corrected chi connectivity index (χ4v) is 4.36. The molecular formula is C21H23BrN4O. The molecule has 2 aromatic heterocycles. The number of hydrogen-bond donors (Lipinski definition) is 1. The van der Waals surface area contributed by atoms with Crippen LogP contribution in [0, 0.1) is 13.8 Å². The van der Waals surface area contributed by atoms with E-state index < -0.39 is 0 Å². The zero-order valence-corrected chi connectivity index (χ0v) is 17.2. The standard InChI is InChI=1S/C21H23BrN4O/c1-14-12-18(22)20-23-15(2)19(26(20)13-14)21(27)24-16-6-8-17(9-7-16)25-10-4-3-5-11-25/h6-9,12-13H,3-5,10-11H2,1-2H3,(H,24,27). The first-order valence-electron chi connectivity index (χ1n) is 9.34. The Morgan fingerprint density at radius 3 is 2.52 bits per heavy atom. The number of anilines is 2. The normalized spacial score (nSPS) is 14.6. The van der Waals surface area contributed by atoms with E-state index in [0.717, 1.165) is 34.5 Å². The molecule has 1 amide bonds. The van der Waals surface area contributed by atoms with Gasteiger partial charge in [-0.25, -0.2) is 4.98 Å². The van der Waals surface area contributed by atoms with Crippen LogP contribution < -0.4 is 10.2 Å². The maximum absolute atomic E-state index is 12.9. The predicted molar refractivity (Wildman–Crippen MR) is 113 cm³/mol. The molecule has 0 spiro atoms. The van der Waals surface area contributed by atoms with Crippen LogP contribution in [0.3, 0.4) is 0 Å². The fourth-order valence-electron chi connectivity index (χ4n) is 3.72. The Kier molecular flexibility index (Phi) is 4.91. The van der Waals surface area contributed by atoms with Crippen molar-refractivity contribution in [2.45, 2.75) is 33.1 Å². The number of halogens is 1. The topological polar surface area (TPSA) is 49.6 Å². The monoisotopic (exact) mass is 426 g/mol. The van der Waals surface area contributed by atoms with Crippen LogP contribution in [0.15, 0.2) is 41.0 Å². The SMILES string of the molecule is Cc1cc(Br)c2nc(C)c(C(=O)Nc3ccc(N4CCCCC4)cc3)n2c1. The Morgan fingerprint density at radius 2 is 1.81 bits per heavy atom. The van der Waals surface area contributed by atoms with E-state index in [0.29, 0.717) is 11.4 Å². The lowest BCUT2D eigenvalue weighted by Crippen LogP contribution is -2.29. The molecule has 140 valence electrons. The third-order valence-corrected chi connectivity index (χ3v) is 5.63. The van der Waals surface area contributed by atoms with E-state index in [1.54, 1.807) is 0 Å². The minimum Gasteiger partial charge on any atom is -0.372 e. The molecule has 0 bridgehead atoms. The largest absolute Gasteiger partial charge is 0.372 e. The van der Waals surface area contributed by atoms with E-state index in [2.05, 4.69) is 43.3 Å². The van der Waals surface area contributed by atoms with Gasteiger partial charge in [0.25, 0.3) is 5.91 Å². The van der Waals surface area contributed by atoms with Gasteiger partial charge < -0.3 is 10.2 Å². The molecule has 1 N–H and O–H groups in total. The number of amides is 1. The van der Waals surface area contributed by atoms with Gasteiger partial charge >= 0.3 is 0 Å². The van der Waals surface area contributed by atoms with Crippen molar-refractivity contribution in [3.05, 3.63) is 58.0 Å². The quantitative estimate of drug-likeness (QED) is 0.643. The molecule has 3 heterocycles. The molecule has 0 unspecified atom stereocenters. The zero-order valence-electron chi connectivity index (χ0n) is 15.6. The summed E-state index contributed by atoms with van der Waals surface area (Å²) in [7, 11) is 0. The molecule has 0 atom stereocenters. The molecule has 6 heteroatoms. The van der Waals surface area contributed by atoms with Crippen LogP contribution in [-0.2, 0) is 0 Å². The molecule has 4 rings (SSSR count). The maximum atomic E-state index is 12.9.